The molecule has 1 N–H and O–H groups in total. The largest absolute Gasteiger partial charge is 0.342 e. The van der Waals surface area contributed by atoms with Crippen molar-refractivity contribution in [1.29, 1.82) is 0 Å². The van der Waals surface area contributed by atoms with E-state index in [0.29, 0.717) is 51.3 Å². The summed E-state index contributed by atoms with van der Waals surface area (Å²) in [6.07, 6.45) is 4.10. The maximum Gasteiger partial charge on any atom is 0.243 e. The molecule has 0 saturated carbocycles. The molecule has 2 aromatic rings. The fraction of sp³-hybridized carbons (Fsp3) is 0.464. The second-order valence-corrected chi connectivity index (χ2v) is 12.3. The molecule has 9 nitrogen and oxygen atoms in total. The van der Waals surface area contributed by atoms with Crippen molar-refractivity contribution < 1.29 is 22.8 Å². The topological polar surface area (TPSA) is 107 Å². The van der Waals surface area contributed by atoms with E-state index in [-0.39, 0.29) is 40.9 Å². The summed E-state index contributed by atoms with van der Waals surface area (Å²) in [5.41, 5.74) is 1.36. The lowest BCUT2D eigenvalue weighted by Crippen LogP contribution is -2.44. The summed E-state index contributed by atoms with van der Waals surface area (Å²) in [5, 5.41) is 2.90. The Balaban J connectivity index is 1.12. The van der Waals surface area contributed by atoms with Crippen LogP contribution in [0.1, 0.15) is 38.5 Å². The molecule has 3 amide bonds. The predicted octanol–water partition coefficient (Wildman–Crippen LogP) is 3.09. The van der Waals surface area contributed by atoms with E-state index in [4.69, 9.17) is 0 Å². The van der Waals surface area contributed by atoms with Crippen LogP contribution < -0.4 is 10.2 Å². The van der Waals surface area contributed by atoms with E-state index in [2.05, 4.69) is 5.32 Å². The van der Waals surface area contributed by atoms with Crippen LogP contribution in [0.3, 0.4) is 0 Å². The minimum atomic E-state index is -3.51. The zero-order valence-corrected chi connectivity index (χ0v) is 22.2. The number of hydrogen-bond donors (Lipinski definition) is 1. The average molecular weight is 539 g/mol. The highest BCUT2D eigenvalue weighted by Gasteiger charge is 2.38. The summed E-state index contributed by atoms with van der Waals surface area (Å²) in [7, 11) is -3.51. The van der Waals surface area contributed by atoms with Crippen LogP contribution in [0.2, 0.25) is 0 Å². The van der Waals surface area contributed by atoms with Crippen LogP contribution in [-0.4, -0.2) is 68.1 Å². The Morgan fingerprint density at radius 3 is 2.13 bits per heavy atom. The van der Waals surface area contributed by atoms with Gasteiger partial charge in [-0.15, -0.1) is 0 Å². The third-order valence-electron chi connectivity index (χ3n) is 7.79. The Labute approximate surface area is 223 Å². The first-order valence-electron chi connectivity index (χ1n) is 13.4. The number of anilines is 2. The molecule has 0 spiro atoms. The Hall–Kier alpha value is -3.24. The maximum absolute atomic E-state index is 13.1. The maximum atomic E-state index is 13.1. The van der Waals surface area contributed by atoms with Crippen molar-refractivity contribution in [2.24, 2.45) is 11.8 Å². The number of piperidine rings is 2. The first-order chi connectivity index (χ1) is 18.3. The SMILES string of the molecule is O=C(Nc1ccc(S(=O)(=O)N2CCCCC2)cc1)C1CCN(C(=O)C2CC(=O)N(c3ccccc3)C2)CC1. The Kier molecular flexibility index (Phi) is 7.80. The highest BCUT2D eigenvalue weighted by atomic mass is 32.2. The lowest BCUT2D eigenvalue weighted by Gasteiger charge is -2.33. The number of sulfonamides is 1. The molecule has 3 saturated heterocycles. The monoisotopic (exact) mass is 538 g/mol. The van der Waals surface area contributed by atoms with Crippen molar-refractivity contribution in [3.05, 3.63) is 54.6 Å². The van der Waals surface area contributed by atoms with Gasteiger partial charge in [0.25, 0.3) is 0 Å². The van der Waals surface area contributed by atoms with Crippen LogP contribution in [0, 0.1) is 11.8 Å². The van der Waals surface area contributed by atoms with Crippen LogP contribution in [0.5, 0.6) is 0 Å². The van der Waals surface area contributed by atoms with Crippen molar-refractivity contribution in [2.45, 2.75) is 43.4 Å². The molecule has 10 heteroatoms. The summed E-state index contributed by atoms with van der Waals surface area (Å²) >= 11 is 0. The van der Waals surface area contributed by atoms with Crippen molar-refractivity contribution in [3.63, 3.8) is 0 Å². The fourth-order valence-corrected chi connectivity index (χ4v) is 7.08. The molecule has 5 rings (SSSR count). The van der Waals surface area contributed by atoms with Gasteiger partial charge in [0.2, 0.25) is 27.7 Å². The zero-order chi connectivity index (χ0) is 26.7. The van der Waals surface area contributed by atoms with Crippen molar-refractivity contribution in [1.82, 2.24) is 9.21 Å². The normalized spacial score (nSPS) is 21.5. The quantitative estimate of drug-likeness (QED) is 0.608. The number of nitrogens with one attached hydrogen (secondary N) is 1. The summed E-state index contributed by atoms with van der Waals surface area (Å²) in [6.45, 7) is 2.42. The van der Waals surface area contributed by atoms with E-state index in [1.807, 2.05) is 30.3 Å². The fourth-order valence-electron chi connectivity index (χ4n) is 5.56. The van der Waals surface area contributed by atoms with Gasteiger partial charge in [0.1, 0.15) is 0 Å². The van der Waals surface area contributed by atoms with Gasteiger partial charge in [-0.3, -0.25) is 14.4 Å². The van der Waals surface area contributed by atoms with Gasteiger partial charge in [-0.1, -0.05) is 24.6 Å². The van der Waals surface area contributed by atoms with Gasteiger partial charge in [0.05, 0.1) is 10.8 Å². The lowest BCUT2D eigenvalue weighted by atomic mass is 9.94. The molecule has 0 aliphatic carbocycles. The third kappa shape index (κ3) is 5.61. The summed E-state index contributed by atoms with van der Waals surface area (Å²) in [4.78, 5) is 42.2. The Morgan fingerprint density at radius 1 is 0.816 bits per heavy atom. The molecule has 1 unspecified atom stereocenters. The summed E-state index contributed by atoms with van der Waals surface area (Å²) < 4.78 is 27.2. The second-order valence-electron chi connectivity index (χ2n) is 10.3. The Morgan fingerprint density at radius 2 is 1.47 bits per heavy atom. The summed E-state index contributed by atoms with van der Waals surface area (Å²) in [6, 6.07) is 15.7. The molecule has 1 atom stereocenters. The molecular weight excluding hydrogens is 504 g/mol. The van der Waals surface area contributed by atoms with Gasteiger partial charge < -0.3 is 15.1 Å². The molecule has 202 valence electrons. The molecule has 3 aliphatic rings. The van der Waals surface area contributed by atoms with Crippen molar-refractivity contribution in [3.8, 4) is 0 Å². The minimum Gasteiger partial charge on any atom is -0.342 e. The molecule has 3 aliphatic heterocycles. The predicted molar refractivity (Wildman–Crippen MR) is 144 cm³/mol. The van der Waals surface area contributed by atoms with E-state index in [9.17, 15) is 22.8 Å². The number of nitrogens with zero attached hydrogens (tertiary/aromatic N) is 3. The van der Waals surface area contributed by atoms with E-state index in [1.165, 1.54) is 4.31 Å². The number of hydrogen-bond acceptors (Lipinski definition) is 5. The van der Waals surface area contributed by atoms with Crippen LogP contribution in [0.15, 0.2) is 59.5 Å². The molecule has 38 heavy (non-hydrogen) atoms. The number of carbonyl (C=O) groups is 3. The van der Waals surface area contributed by atoms with Crippen molar-refractivity contribution in [2.75, 3.05) is 42.9 Å². The van der Waals surface area contributed by atoms with Crippen molar-refractivity contribution >= 4 is 39.1 Å². The minimum absolute atomic E-state index is 0.0267. The van der Waals surface area contributed by atoms with Gasteiger partial charge in [-0.05, 0) is 62.1 Å². The molecule has 0 aromatic heterocycles. The first-order valence-corrected chi connectivity index (χ1v) is 14.8. The number of para-hydroxylation sites is 1. The number of benzene rings is 2. The standard InChI is InChI=1S/C28H34N4O5S/c33-26-19-22(20-32(26)24-7-3-1-4-8-24)28(35)30-17-13-21(14-18-30)27(34)29-23-9-11-25(12-10-23)38(36,37)31-15-5-2-6-16-31/h1,3-4,7-12,21-22H,2,5-6,13-20H2,(H,29,34). The van der Waals surface area contributed by atoms with Gasteiger partial charge in [-0.25, -0.2) is 8.42 Å². The smallest absolute Gasteiger partial charge is 0.243 e. The molecule has 0 radical (unpaired) electrons. The molecule has 2 aromatic carbocycles. The molecule has 3 fully saturated rings. The van der Waals surface area contributed by atoms with Gasteiger partial charge in [0.15, 0.2) is 0 Å². The van der Waals surface area contributed by atoms with Crippen LogP contribution in [0.4, 0.5) is 11.4 Å². The number of amides is 3. The average Bonchev–Trinajstić information content (AvgIpc) is 3.35. The Bertz CT molecular complexity index is 1270. The molecule has 0 bridgehead atoms. The van der Waals surface area contributed by atoms with Crippen LogP contribution in [0.25, 0.3) is 0 Å². The zero-order valence-electron chi connectivity index (χ0n) is 21.4. The van der Waals surface area contributed by atoms with E-state index in [0.717, 1.165) is 24.9 Å². The molecule has 3 heterocycles. The highest BCUT2D eigenvalue weighted by Crippen LogP contribution is 2.28. The highest BCUT2D eigenvalue weighted by molar-refractivity contribution is 7.89. The summed E-state index contributed by atoms with van der Waals surface area (Å²) in [5.74, 6) is -0.801. The van der Waals surface area contributed by atoms with Crippen LogP contribution >= 0.6 is 0 Å². The number of likely N-dealkylation sites (tertiary alicyclic amines) is 1. The number of rotatable bonds is 6. The van der Waals surface area contributed by atoms with E-state index < -0.39 is 10.0 Å². The second kappa shape index (κ2) is 11.2. The van der Waals surface area contributed by atoms with Gasteiger partial charge in [-0.2, -0.15) is 4.31 Å². The van der Waals surface area contributed by atoms with Gasteiger partial charge >= 0.3 is 0 Å². The lowest BCUT2D eigenvalue weighted by molar-refractivity contribution is -0.138. The van der Waals surface area contributed by atoms with E-state index in [1.54, 1.807) is 34.1 Å². The van der Waals surface area contributed by atoms with Gasteiger partial charge in [0, 0.05) is 56.4 Å². The third-order valence-corrected chi connectivity index (χ3v) is 9.71. The molecular formula is C28H34N4O5S. The first kappa shape index (κ1) is 26.4. The van der Waals surface area contributed by atoms with E-state index >= 15 is 0 Å². The van der Waals surface area contributed by atoms with Crippen LogP contribution in [-0.2, 0) is 24.4 Å². The number of carbonyl (C=O) groups excluding carboxylic acids is 3.